The summed E-state index contributed by atoms with van der Waals surface area (Å²) >= 11 is 0. The first-order valence-corrected chi connectivity index (χ1v) is 5.71. The lowest BCUT2D eigenvalue weighted by molar-refractivity contribution is -0.117. The second-order valence-corrected chi connectivity index (χ2v) is 4.13. The van der Waals surface area contributed by atoms with E-state index in [1.165, 1.54) is 0 Å². The fraction of sp³-hybridized carbons (Fsp3) is 0.545. The minimum Gasteiger partial charge on any atom is -0.393 e. The number of amides is 1. The minimum absolute atomic E-state index is 0.118. The molecular weight excluding hydrogens is 220 g/mol. The van der Waals surface area contributed by atoms with Gasteiger partial charge in [0.25, 0.3) is 0 Å². The maximum absolute atomic E-state index is 11.7. The number of piperidine rings is 1. The topological polar surface area (TPSA) is 78.4 Å². The van der Waals surface area contributed by atoms with Crippen molar-refractivity contribution in [2.24, 2.45) is 0 Å². The van der Waals surface area contributed by atoms with Gasteiger partial charge in [0.1, 0.15) is 0 Å². The van der Waals surface area contributed by atoms with Crippen molar-refractivity contribution in [3.8, 4) is 0 Å². The molecule has 0 aromatic carbocycles. The summed E-state index contributed by atoms with van der Waals surface area (Å²) in [5, 5.41) is 12.0. The number of likely N-dealkylation sites (tertiary alicyclic amines) is 1. The SMILES string of the molecule is O=C(CN1CCC(O)CC1)Nc1ncccn1. The Morgan fingerprint density at radius 2 is 2.06 bits per heavy atom. The molecule has 0 atom stereocenters. The van der Waals surface area contributed by atoms with Crippen LogP contribution in [0.1, 0.15) is 12.8 Å². The number of aliphatic hydroxyl groups excluding tert-OH is 1. The van der Waals surface area contributed by atoms with E-state index in [-0.39, 0.29) is 12.0 Å². The van der Waals surface area contributed by atoms with Gasteiger partial charge in [0.2, 0.25) is 11.9 Å². The van der Waals surface area contributed by atoms with Gasteiger partial charge in [-0.1, -0.05) is 0 Å². The summed E-state index contributed by atoms with van der Waals surface area (Å²) in [7, 11) is 0. The smallest absolute Gasteiger partial charge is 0.240 e. The van der Waals surface area contributed by atoms with Crippen LogP contribution in [0.5, 0.6) is 0 Å². The molecule has 1 aromatic heterocycles. The molecule has 0 spiro atoms. The van der Waals surface area contributed by atoms with Crippen molar-refractivity contribution in [3.63, 3.8) is 0 Å². The van der Waals surface area contributed by atoms with Crippen LogP contribution in [0.4, 0.5) is 5.95 Å². The predicted octanol–water partition coefficient (Wildman–Crippen LogP) is -0.128. The number of rotatable bonds is 3. The van der Waals surface area contributed by atoms with Gasteiger partial charge in [-0.2, -0.15) is 0 Å². The van der Waals surface area contributed by atoms with E-state index in [1.54, 1.807) is 18.5 Å². The molecule has 1 amide bonds. The Morgan fingerprint density at radius 1 is 1.41 bits per heavy atom. The summed E-state index contributed by atoms with van der Waals surface area (Å²) in [5.74, 6) is 0.210. The number of carbonyl (C=O) groups excluding carboxylic acids is 1. The van der Waals surface area contributed by atoms with Crippen molar-refractivity contribution in [3.05, 3.63) is 18.5 Å². The fourth-order valence-electron chi connectivity index (χ4n) is 1.81. The van der Waals surface area contributed by atoms with Crippen LogP contribution in [0.2, 0.25) is 0 Å². The zero-order valence-corrected chi connectivity index (χ0v) is 9.54. The molecule has 0 aliphatic carbocycles. The summed E-state index contributed by atoms with van der Waals surface area (Å²) in [5.41, 5.74) is 0. The standard InChI is InChI=1S/C11H16N4O2/c16-9-2-6-15(7-3-9)8-10(17)14-11-12-4-1-5-13-11/h1,4-5,9,16H,2-3,6-8H2,(H,12,13,14,17). The second-order valence-electron chi connectivity index (χ2n) is 4.13. The highest BCUT2D eigenvalue weighted by Crippen LogP contribution is 2.09. The number of aliphatic hydroxyl groups is 1. The Labute approximate surface area is 99.7 Å². The van der Waals surface area contributed by atoms with Crippen LogP contribution in [0.25, 0.3) is 0 Å². The molecule has 2 N–H and O–H groups in total. The minimum atomic E-state index is -0.216. The first kappa shape index (κ1) is 11.9. The van der Waals surface area contributed by atoms with Crippen molar-refractivity contribution in [1.29, 1.82) is 0 Å². The summed E-state index contributed by atoms with van der Waals surface area (Å²) in [4.78, 5) is 21.5. The van der Waals surface area contributed by atoms with Crippen LogP contribution >= 0.6 is 0 Å². The molecule has 2 heterocycles. The van der Waals surface area contributed by atoms with Gasteiger partial charge in [0.05, 0.1) is 12.6 Å². The maximum atomic E-state index is 11.7. The molecule has 0 radical (unpaired) electrons. The van der Waals surface area contributed by atoms with Gasteiger partial charge in [0.15, 0.2) is 0 Å². The highest BCUT2D eigenvalue weighted by Gasteiger charge is 2.19. The maximum Gasteiger partial charge on any atom is 0.240 e. The number of hydrogen-bond donors (Lipinski definition) is 2. The lowest BCUT2D eigenvalue weighted by atomic mass is 10.1. The Hall–Kier alpha value is -1.53. The third-order valence-electron chi connectivity index (χ3n) is 2.74. The molecule has 1 saturated heterocycles. The molecule has 1 fully saturated rings. The fourth-order valence-corrected chi connectivity index (χ4v) is 1.81. The van der Waals surface area contributed by atoms with E-state index in [1.807, 2.05) is 4.90 Å². The number of nitrogens with one attached hydrogen (secondary N) is 1. The van der Waals surface area contributed by atoms with Gasteiger partial charge in [-0.05, 0) is 18.9 Å². The number of nitrogens with zero attached hydrogens (tertiary/aromatic N) is 3. The predicted molar refractivity (Wildman–Crippen MR) is 62.3 cm³/mol. The molecule has 1 aliphatic rings. The van der Waals surface area contributed by atoms with E-state index in [9.17, 15) is 9.90 Å². The molecule has 17 heavy (non-hydrogen) atoms. The van der Waals surface area contributed by atoms with Crippen molar-refractivity contribution in [2.75, 3.05) is 25.0 Å². The Bertz CT molecular complexity index is 363. The summed E-state index contributed by atoms with van der Waals surface area (Å²) in [6.45, 7) is 1.83. The third-order valence-corrected chi connectivity index (χ3v) is 2.74. The largest absolute Gasteiger partial charge is 0.393 e. The number of anilines is 1. The van der Waals surface area contributed by atoms with E-state index >= 15 is 0 Å². The van der Waals surface area contributed by atoms with E-state index in [2.05, 4.69) is 15.3 Å². The van der Waals surface area contributed by atoms with Gasteiger partial charge in [0, 0.05) is 25.5 Å². The molecule has 0 bridgehead atoms. The van der Waals surface area contributed by atoms with Crippen LogP contribution in [0, 0.1) is 0 Å². The average molecular weight is 236 g/mol. The summed E-state index contributed by atoms with van der Waals surface area (Å²) in [6, 6.07) is 1.70. The summed E-state index contributed by atoms with van der Waals surface area (Å²) < 4.78 is 0. The zero-order chi connectivity index (χ0) is 12.1. The first-order valence-electron chi connectivity index (χ1n) is 5.71. The highest BCUT2D eigenvalue weighted by molar-refractivity contribution is 5.90. The average Bonchev–Trinajstić information content (AvgIpc) is 2.33. The second kappa shape index (κ2) is 5.70. The van der Waals surface area contributed by atoms with Crippen molar-refractivity contribution in [1.82, 2.24) is 14.9 Å². The Balaban J connectivity index is 1.78. The molecule has 2 rings (SSSR count). The molecule has 6 heteroatoms. The van der Waals surface area contributed by atoms with Gasteiger partial charge in [-0.3, -0.25) is 15.0 Å². The van der Waals surface area contributed by atoms with Crippen LogP contribution in [0.15, 0.2) is 18.5 Å². The highest BCUT2D eigenvalue weighted by atomic mass is 16.3. The van der Waals surface area contributed by atoms with Crippen LogP contribution in [-0.4, -0.2) is 51.6 Å². The Kier molecular flexibility index (Phi) is 4.00. The monoisotopic (exact) mass is 236 g/mol. The number of carbonyl (C=O) groups is 1. The molecular formula is C11H16N4O2. The van der Waals surface area contributed by atoms with Crippen molar-refractivity contribution in [2.45, 2.75) is 18.9 Å². The van der Waals surface area contributed by atoms with Gasteiger partial charge >= 0.3 is 0 Å². The lowest BCUT2D eigenvalue weighted by Crippen LogP contribution is -2.40. The van der Waals surface area contributed by atoms with Gasteiger partial charge in [-0.15, -0.1) is 0 Å². The van der Waals surface area contributed by atoms with Crippen molar-refractivity contribution >= 4 is 11.9 Å². The molecule has 1 aromatic rings. The molecule has 6 nitrogen and oxygen atoms in total. The Morgan fingerprint density at radius 3 is 2.71 bits per heavy atom. The van der Waals surface area contributed by atoms with Crippen LogP contribution in [-0.2, 0) is 4.79 Å². The van der Waals surface area contributed by atoms with E-state index in [4.69, 9.17) is 0 Å². The number of aromatic nitrogens is 2. The van der Waals surface area contributed by atoms with Crippen LogP contribution in [0.3, 0.4) is 0 Å². The number of hydrogen-bond acceptors (Lipinski definition) is 5. The third kappa shape index (κ3) is 3.76. The summed E-state index contributed by atoms with van der Waals surface area (Å²) in [6.07, 6.45) is 4.41. The van der Waals surface area contributed by atoms with E-state index in [0.717, 1.165) is 25.9 Å². The quantitative estimate of drug-likeness (QED) is 0.764. The molecule has 0 saturated carbocycles. The molecule has 92 valence electrons. The van der Waals surface area contributed by atoms with Gasteiger partial charge in [-0.25, -0.2) is 9.97 Å². The zero-order valence-electron chi connectivity index (χ0n) is 9.54. The van der Waals surface area contributed by atoms with E-state index < -0.39 is 0 Å². The van der Waals surface area contributed by atoms with Crippen molar-refractivity contribution < 1.29 is 9.90 Å². The van der Waals surface area contributed by atoms with Gasteiger partial charge < -0.3 is 5.11 Å². The lowest BCUT2D eigenvalue weighted by Gasteiger charge is -2.28. The normalized spacial score (nSPS) is 17.9. The molecule has 1 aliphatic heterocycles. The van der Waals surface area contributed by atoms with Crippen LogP contribution < -0.4 is 5.32 Å². The molecule has 0 unspecified atom stereocenters. The first-order chi connectivity index (χ1) is 8.24. The van der Waals surface area contributed by atoms with E-state index in [0.29, 0.717) is 12.5 Å².